The van der Waals surface area contributed by atoms with Crippen LogP contribution in [0, 0.1) is 0 Å². The minimum atomic E-state index is 0.441. The molecule has 0 saturated carbocycles. The maximum atomic E-state index is 5.72. The molecule has 0 aromatic heterocycles. The average Bonchev–Trinajstić information content (AvgIpc) is 2.80. The second-order valence-corrected chi connectivity index (χ2v) is 4.28. The van der Waals surface area contributed by atoms with Gasteiger partial charge in [-0.2, -0.15) is 0 Å². The van der Waals surface area contributed by atoms with Gasteiger partial charge in [0.15, 0.2) is 0 Å². The summed E-state index contributed by atoms with van der Waals surface area (Å²) < 4.78 is 5.72. The lowest BCUT2D eigenvalue weighted by Gasteiger charge is -2.03. The SMILES string of the molecule is C=C(C)O/N=C1\COc2c1ccc1ccccc21. The Morgan fingerprint density at radius 1 is 1.28 bits per heavy atom. The number of rotatable bonds is 2. The van der Waals surface area contributed by atoms with E-state index >= 15 is 0 Å². The van der Waals surface area contributed by atoms with E-state index < -0.39 is 0 Å². The van der Waals surface area contributed by atoms with Crippen molar-refractivity contribution in [2.75, 3.05) is 6.61 Å². The number of hydrogen-bond acceptors (Lipinski definition) is 3. The predicted octanol–water partition coefficient (Wildman–Crippen LogP) is 3.49. The molecule has 1 aliphatic heterocycles. The molecule has 0 aliphatic carbocycles. The summed E-state index contributed by atoms with van der Waals surface area (Å²) in [5.74, 6) is 1.45. The topological polar surface area (TPSA) is 30.8 Å². The van der Waals surface area contributed by atoms with Gasteiger partial charge in [0.05, 0.1) is 0 Å². The van der Waals surface area contributed by atoms with Gasteiger partial charge in [0.25, 0.3) is 0 Å². The van der Waals surface area contributed by atoms with Crippen LogP contribution < -0.4 is 4.74 Å². The summed E-state index contributed by atoms with van der Waals surface area (Å²) in [7, 11) is 0. The van der Waals surface area contributed by atoms with Crippen LogP contribution in [-0.2, 0) is 4.84 Å². The van der Waals surface area contributed by atoms with Gasteiger partial charge in [-0.3, -0.25) is 0 Å². The molecule has 0 unspecified atom stereocenters. The van der Waals surface area contributed by atoms with Gasteiger partial charge in [0.1, 0.15) is 23.8 Å². The average molecular weight is 239 g/mol. The van der Waals surface area contributed by atoms with Crippen molar-refractivity contribution in [1.82, 2.24) is 0 Å². The first-order valence-corrected chi connectivity index (χ1v) is 5.80. The van der Waals surface area contributed by atoms with E-state index in [0.717, 1.165) is 22.4 Å². The highest BCUT2D eigenvalue weighted by atomic mass is 16.6. The van der Waals surface area contributed by atoms with E-state index in [4.69, 9.17) is 9.57 Å². The molecular formula is C15H13NO2. The lowest BCUT2D eigenvalue weighted by atomic mass is 10.0. The van der Waals surface area contributed by atoms with Crippen molar-refractivity contribution in [3.63, 3.8) is 0 Å². The van der Waals surface area contributed by atoms with E-state index in [1.54, 1.807) is 6.92 Å². The van der Waals surface area contributed by atoms with Crippen molar-refractivity contribution in [2.45, 2.75) is 6.92 Å². The van der Waals surface area contributed by atoms with Gasteiger partial charge >= 0.3 is 0 Å². The standard InChI is InChI=1S/C15H13NO2/c1-10(2)18-16-14-9-17-15-12-6-4-3-5-11(12)7-8-13(14)15/h3-8H,1,9H2,2H3/b16-14+. The highest BCUT2D eigenvalue weighted by Gasteiger charge is 2.22. The Labute approximate surface area is 105 Å². The zero-order chi connectivity index (χ0) is 12.5. The summed E-state index contributed by atoms with van der Waals surface area (Å²) in [6, 6.07) is 12.2. The van der Waals surface area contributed by atoms with E-state index in [1.807, 2.05) is 18.2 Å². The molecule has 3 rings (SSSR count). The minimum Gasteiger partial charge on any atom is -0.486 e. The molecular weight excluding hydrogens is 226 g/mol. The number of allylic oxidation sites excluding steroid dienone is 1. The van der Waals surface area contributed by atoms with Crippen molar-refractivity contribution in [3.05, 3.63) is 54.3 Å². The molecule has 18 heavy (non-hydrogen) atoms. The third kappa shape index (κ3) is 1.74. The van der Waals surface area contributed by atoms with Crippen LogP contribution in [0.25, 0.3) is 10.8 Å². The minimum absolute atomic E-state index is 0.441. The number of hydrogen-bond donors (Lipinski definition) is 0. The summed E-state index contributed by atoms with van der Waals surface area (Å²) in [5, 5.41) is 6.34. The smallest absolute Gasteiger partial charge is 0.137 e. The van der Waals surface area contributed by atoms with Crippen LogP contribution in [-0.4, -0.2) is 12.3 Å². The van der Waals surface area contributed by atoms with Crippen LogP contribution in [0.15, 0.2) is 53.9 Å². The fraction of sp³-hybridized carbons (Fsp3) is 0.133. The van der Waals surface area contributed by atoms with Crippen molar-refractivity contribution in [2.24, 2.45) is 5.16 Å². The van der Waals surface area contributed by atoms with Crippen molar-refractivity contribution >= 4 is 16.5 Å². The molecule has 1 aliphatic rings. The Kier molecular flexibility index (Phi) is 2.52. The molecule has 3 heteroatoms. The number of oxime groups is 1. The molecule has 2 aromatic carbocycles. The number of benzene rings is 2. The Hall–Kier alpha value is -2.29. The van der Waals surface area contributed by atoms with E-state index in [-0.39, 0.29) is 0 Å². The summed E-state index contributed by atoms with van der Waals surface area (Å²) in [6.07, 6.45) is 0. The van der Waals surface area contributed by atoms with Crippen LogP contribution in [0.5, 0.6) is 5.75 Å². The van der Waals surface area contributed by atoms with Gasteiger partial charge in [-0.05, 0) is 18.4 Å². The van der Waals surface area contributed by atoms with E-state index in [0.29, 0.717) is 12.4 Å². The molecule has 2 aromatic rings. The van der Waals surface area contributed by atoms with E-state index in [2.05, 4.69) is 29.9 Å². The molecule has 0 amide bonds. The fourth-order valence-electron chi connectivity index (χ4n) is 2.05. The Balaban J connectivity index is 2.10. The summed E-state index contributed by atoms with van der Waals surface area (Å²) >= 11 is 0. The molecule has 1 heterocycles. The molecule has 0 radical (unpaired) electrons. The maximum Gasteiger partial charge on any atom is 0.137 e. The van der Waals surface area contributed by atoms with Crippen molar-refractivity contribution in [3.8, 4) is 5.75 Å². The Bertz CT molecular complexity index is 659. The van der Waals surface area contributed by atoms with Gasteiger partial charge in [-0.25, -0.2) is 0 Å². The highest BCUT2D eigenvalue weighted by molar-refractivity contribution is 6.10. The zero-order valence-corrected chi connectivity index (χ0v) is 10.1. The predicted molar refractivity (Wildman–Crippen MR) is 71.9 cm³/mol. The van der Waals surface area contributed by atoms with Gasteiger partial charge in [0, 0.05) is 10.9 Å². The van der Waals surface area contributed by atoms with Crippen molar-refractivity contribution in [1.29, 1.82) is 0 Å². The molecule has 0 saturated heterocycles. The van der Waals surface area contributed by atoms with Crippen LogP contribution in [0.2, 0.25) is 0 Å². The van der Waals surface area contributed by atoms with Gasteiger partial charge in [0.2, 0.25) is 0 Å². The Morgan fingerprint density at radius 3 is 2.94 bits per heavy atom. The number of ether oxygens (including phenoxy) is 1. The second kappa shape index (κ2) is 4.18. The van der Waals surface area contributed by atoms with Crippen LogP contribution in [0.4, 0.5) is 0 Å². The first-order valence-electron chi connectivity index (χ1n) is 5.80. The largest absolute Gasteiger partial charge is 0.486 e. The third-order valence-electron chi connectivity index (χ3n) is 2.86. The zero-order valence-electron chi connectivity index (χ0n) is 10.1. The molecule has 3 nitrogen and oxygen atoms in total. The normalized spacial score (nSPS) is 15.5. The first kappa shape index (κ1) is 10.8. The molecule has 0 fully saturated rings. The van der Waals surface area contributed by atoms with E-state index in [9.17, 15) is 0 Å². The van der Waals surface area contributed by atoms with Crippen molar-refractivity contribution < 1.29 is 9.57 Å². The van der Waals surface area contributed by atoms with Gasteiger partial charge in [-0.15, -0.1) is 0 Å². The maximum absolute atomic E-state index is 5.72. The molecule has 0 spiro atoms. The van der Waals surface area contributed by atoms with Crippen LogP contribution in [0.1, 0.15) is 12.5 Å². The monoisotopic (exact) mass is 239 g/mol. The number of nitrogens with zero attached hydrogens (tertiary/aromatic N) is 1. The summed E-state index contributed by atoms with van der Waals surface area (Å²) in [4.78, 5) is 5.11. The highest BCUT2D eigenvalue weighted by Crippen LogP contribution is 2.34. The molecule has 0 atom stereocenters. The lowest BCUT2D eigenvalue weighted by Crippen LogP contribution is -2.02. The Morgan fingerprint density at radius 2 is 2.11 bits per heavy atom. The summed E-state index contributed by atoms with van der Waals surface area (Å²) in [6.45, 7) is 5.86. The molecule has 90 valence electrons. The molecule has 0 N–H and O–H groups in total. The third-order valence-corrected chi connectivity index (χ3v) is 2.86. The van der Waals surface area contributed by atoms with Gasteiger partial charge in [-0.1, -0.05) is 42.1 Å². The quantitative estimate of drug-likeness (QED) is 0.593. The number of fused-ring (bicyclic) bond motifs is 3. The van der Waals surface area contributed by atoms with Crippen LogP contribution >= 0.6 is 0 Å². The summed E-state index contributed by atoms with van der Waals surface area (Å²) in [5.41, 5.74) is 1.80. The van der Waals surface area contributed by atoms with Gasteiger partial charge < -0.3 is 9.57 Å². The fourth-order valence-corrected chi connectivity index (χ4v) is 2.05. The van der Waals surface area contributed by atoms with Crippen LogP contribution in [0.3, 0.4) is 0 Å². The lowest BCUT2D eigenvalue weighted by molar-refractivity contribution is 0.229. The van der Waals surface area contributed by atoms with E-state index in [1.165, 1.54) is 5.39 Å². The second-order valence-electron chi connectivity index (χ2n) is 4.28. The first-order chi connectivity index (χ1) is 8.75. The molecule has 0 bridgehead atoms.